The Balaban J connectivity index is 1.63. The molecule has 148 valence electrons. The summed E-state index contributed by atoms with van der Waals surface area (Å²) in [6.07, 6.45) is 0. The van der Waals surface area contributed by atoms with Crippen molar-refractivity contribution < 1.29 is 18.0 Å². The first-order valence-electron chi connectivity index (χ1n) is 9.16. The summed E-state index contributed by atoms with van der Waals surface area (Å²) >= 11 is 0. The average Bonchev–Trinajstić information content (AvgIpc) is 3.13. The molecule has 0 bridgehead atoms. The smallest absolute Gasteiger partial charge is 0.289 e. The first-order valence-corrected chi connectivity index (χ1v) is 10.6. The number of rotatable bonds is 2. The summed E-state index contributed by atoms with van der Waals surface area (Å²) in [5.41, 5.74) is 3.27. The van der Waals surface area contributed by atoms with E-state index in [1.54, 1.807) is 54.6 Å². The number of sulfonamides is 1. The molecular weight excluding hydrogens is 402 g/mol. The van der Waals surface area contributed by atoms with E-state index in [1.165, 1.54) is 12.1 Å². The second-order valence-electron chi connectivity index (χ2n) is 7.06. The number of hydrogen-bond acceptors (Lipinski definition) is 5. The first-order chi connectivity index (χ1) is 14.4. The van der Waals surface area contributed by atoms with Crippen LogP contribution < -0.4 is 4.72 Å². The van der Waals surface area contributed by atoms with E-state index < -0.39 is 16.1 Å². The molecule has 0 aliphatic heterocycles. The molecule has 0 fully saturated rings. The lowest BCUT2D eigenvalue weighted by atomic mass is 9.87. The lowest BCUT2D eigenvalue weighted by molar-refractivity contribution is 0.104. The van der Waals surface area contributed by atoms with Crippen LogP contribution in [0.4, 0.5) is 4.79 Å². The summed E-state index contributed by atoms with van der Waals surface area (Å²) in [7, 11) is -4.08. The van der Waals surface area contributed by atoms with Gasteiger partial charge in [0.1, 0.15) is 5.69 Å². The second kappa shape index (κ2) is 6.36. The molecule has 0 unspecified atom stereocenters. The quantitative estimate of drug-likeness (QED) is 0.474. The highest BCUT2D eigenvalue weighted by Crippen LogP contribution is 2.38. The largest absolute Gasteiger partial charge is 0.356 e. The van der Waals surface area contributed by atoms with Crippen LogP contribution in [0.5, 0.6) is 0 Å². The van der Waals surface area contributed by atoms with Gasteiger partial charge in [0.25, 0.3) is 10.0 Å². The van der Waals surface area contributed by atoms with E-state index in [9.17, 15) is 18.0 Å². The monoisotopic (exact) mass is 417 g/mol. The molecule has 0 spiro atoms. The van der Waals surface area contributed by atoms with Gasteiger partial charge >= 0.3 is 6.03 Å². The first kappa shape index (κ1) is 18.3. The fraction of sp³-hybridized carbons (Fsp3) is 0.0455. The van der Waals surface area contributed by atoms with Crippen molar-refractivity contribution in [3.8, 4) is 11.3 Å². The van der Waals surface area contributed by atoms with Crippen molar-refractivity contribution in [1.29, 1.82) is 0 Å². The van der Waals surface area contributed by atoms with Crippen molar-refractivity contribution in [2.24, 2.45) is 0 Å². The van der Waals surface area contributed by atoms with Crippen LogP contribution in [-0.4, -0.2) is 30.0 Å². The zero-order valence-electron chi connectivity index (χ0n) is 15.8. The third-order valence-electron chi connectivity index (χ3n) is 5.12. The summed E-state index contributed by atoms with van der Waals surface area (Å²) in [6.45, 7) is 1.84. The summed E-state index contributed by atoms with van der Waals surface area (Å²) in [6, 6.07) is 17.2. The van der Waals surface area contributed by atoms with Crippen molar-refractivity contribution >= 4 is 32.7 Å². The number of hydrogen-bond donors (Lipinski definition) is 1. The van der Waals surface area contributed by atoms with E-state index in [0.29, 0.717) is 33.3 Å². The zero-order chi connectivity index (χ0) is 21.0. The van der Waals surface area contributed by atoms with Gasteiger partial charge in [-0.1, -0.05) is 54.1 Å². The number of nitrogens with zero attached hydrogens (tertiary/aromatic N) is 2. The second-order valence-corrected chi connectivity index (χ2v) is 8.74. The molecular formula is C22H15N3O4S. The van der Waals surface area contributed by atoms with Crippen LogP contribution in [0.3, 0.4) is 0 Å². The zero-order valence-corrected chi connectivity index (χ0v) is 16.6. The highest BCUT2D eigenvalue weighted by atomic mass is 32.2. The Hall–Kier alpha value is -3.78. The van der Waals surface area contributed by atoms with Crippen molar-refractivity contribution in [1.82, 2.24) is 14.5 Å². The van der Waals surface area contributed by atoms with Crippen LogP contribution in [0.2, 0.25) is 0 Å². The van der Waals surface area contributed by atoms with Crippen molar-refractivity contribution in [3.05, 3.63) is 83.4 Å². The maximum Gasteiger partial charge on any atom is 0.356 e. The lowest BCUT2D eigenvalue weighted by Crippen LogP contribution is -2.34. The van der Waals surface area contributed by atoms with Gasteiger partial charge < -0.3 is 0 Å². The maximum absolute atomic E-state index is 12.9. The molecule has 0 atom stereocenters. The Morgan fingerprint density at radius 1 is 0.900 bits per heavy atom. The van der Waals surface area contributed by atoms with E-state index in [-0.39, 0.29) is 10.7 Å². The third kappa shape index (κ3) is 2.65. The number of amides is 1. The summed E-state index contributed by atoms with van der Waals surface area (Å²) in [4.78, 5) is 25.8. The molecule has 5 rings (SSSR count). The molecule has 4 aromatic rings. The molecule has 1 heterocycles. The highest BCUT2D eigenvalue weighted by Gasteiger charge is 2.30. The van der Waals surface area contributed by atoms with Crippen LogP contribution in [-0.2, 0) is 10.0 Å². The molecule has 1 amide bonds. The molecule has 0 saturated heterocycles. The predicted molar refractivity (Wildman–Crippen MR) is 111 cm³/mol. The van der Waals surface area contributed by atoms with Gasteiger partial charge in [-0.15, -0.1) is 0 Å². The van der Waals surface area contributed by atoms with Crippen LogP contribution in [0.15, 0.2) is 71.6 Å². The number of fused-ring (bicyclic) bond motifs is 2. The Morgan fingerprint density at radius 3 is 2.30 bits per heavy atom. The van der Waals surface area contributed by atoms with E-state index in [0.717, 1.165) is 10.2 Å². The van der Waals surface area contributed by atoms with Gasteiger partial charge in [-0.25, -0.2) is 17.9 Å². The fourth-order valence-corrected chi connectivity index (χ4v) is 4.60. The Morgan fingerprint density at radius 2 is 1.57 bits per heavy atom. The van der Waals surface area contributed by atoms with Crippen LogP contribution in [0.25, 0.3) is 22.2 Å². The molecule has 3 aromatic carbocycles. The van der Waals surface area contributed by atoms with Gasteiger partial charge in [0.2, 0.25) is 0 Å². The molecule has 30 heavy (non-hydrogen) atoms. The van der Waals surface area contributed by atoms with E-state index >= 15 is 0 Å². The topological polar surface area (TPSA) is 98.1 Å². The Kier molecular flexibility index (Phi) is 3.87. The molecule has 0 saturated carbocycles. The number of aromatic nitrogens is 2. The van der Waals surface area contributed by atoms with Crippen LogP contribution in [0, 0.1) is 6.92 Å². The van der Waals surface area contributed by atoms with Gasteiger partial charge in [-0.2, -0.15) is 9.78 Å². The minimum atomic E-state index is -4.08. The molecule has 1 aromatic heterocycles. The van der Waals surface area contributed by atoms with E-state index in [2.05, 4.69) is 9.82 Å². The molecule has 1 aliphatic rings. The standard InChI is InChI=1S/C22H15N3O4S/c1-13-9-11-14(12-10-13)30(28,29)24-22(27)25-18-8-4-7-17-19(18)20(23-25)15-5-2-3-6-16(15)21(17)26/h2-12H,1H3,(H,24,27). The number of carbonyl (C=O) groups excluding carboxylic acids is 2. The van der Waals surface area contributed by atoms with Crippen molar-refractivity contribution in [2.75, 3.05) is 0 Å². The molecule has 7 nitrogen and oxygen atoms in total. The predicted octanol–water partition coefficient (Wildman–Crippen LogP) is 3.50. The minimum absolute atomic E-state index is 0.0244. The van der Waals surface area contributed by atoms with Crippen molar-refractivity contribution in [3.63, 3.8) is 0 Å². The number of benzene rings is 3. The van der Waals surface area contributed by atoms with Crippen LogP contribution >= 0.6 is 0 Å². The molecule has 1 aliphatic carbocycles. The fourth-order valence-electron chi connectivity index (χ4n) is 3.67. The SMILES string of the molecule is Cc1ccc(S(=O)(=O)NC(=O)n2nc3c4c(cccc42)C(=O)c2ccccc2-3)cc1. The number of nitrogens with one attached hydrogen (secondary N) is 1. The minimum Gasteiger partial charge on any atom is -0.289 e. The number of aryl methyl sites for hydroxylation is 1. The van der Waals surface area contributed by atoms with Gasteiger partial charge in [0.05, 0.1) is 10.4 Å². The van der Waals surface area contributed by atoms with Gasteiger partial charge in [-0.3, -0.25) is 4.79 Å². The lowest BCUT2D eigenvalue weighted by Gasteiger charge is -2.13. The van der Waals surface area contributed by atoms with Crippen molar-refractivity contribution in [2.45, 2.75) is 11.8 Å². The number of ketones is 1. The maximum atomic E-state index is 12.9. The van der Waals surface area contributed by atoms with E-state index in [4.69, 9.17) is 0 Å². The van der Waals surface area contributed by atoms with Gasteiger partial charge in [0.15, 0.2) is 5.78 Å². The normalized spacial score (nSPS) is 12.6. The molecule has 1 N–H and O–H groups in total. The van der Waals surface area contributed by atoms with Crippen LogP contribution in [0.1, 0.15) is 21.5 Å². The molecule has 8 heteroatoms. The number of carbonyl (C=O) groups is 2. The summed E-state index contributed by atoms with van der Waals surface area (Å²) in [5.74, 6) is -0.157. The Labute approximate surface area is 172 Å². The third-order valence-corrected chi connectivity index (χ3v) is 6.46. The summed E-state index contributed by atoms with van der Waals surface area (Å²) < 4.78 is 28.3. The highest BCUT2D eigenvalue weighted by molar-refractivity contribution is 7.90. The molecule has 0 radical (unpaired) electrons. The average molecular weight is 417 g/mol. The van der Waals surface area contributed by atoms with E-state index in [1.807, 2.05) is 6.92 Å². The van der Waals surface area contributed by atoms with Gasteiger partial charge in [-0.05, 0) is 25.1 Å². The summed E-state index contributed by atoms with van der Waals surface area (Å²) in [5, 5.41) is 4.91. The van der Waals surface area contributed by atoms with Gasteiger partial charge in [0, 0.05) is 22.1 Å². The Bertz CT molecular complexity index is 1470.